The summed E-state index contributed by atoms with van der Waals surface area (Å²) in [6.45, 7) is 8.88. The molecule has 1 aromatic carbocycles. The second kappa shape index (κ2) is 4.31. The lowest BCUT2D eigenvalue weighted by atomic mass is 9.74. The fourth-order valence-corrected chi connectivity index (χ4v) is 4.19. The number of aryl methyl sites for hydroxylation is 1. The van der Waals surface area contributed by atoms with Crippen molar-refractivity contribution in [2.45, 2.75) is 44.9 Å². The zero-order valence-electron chi connectivity index (χ0n) is 11.0. The molecule has 0 heterocycles. The van der Waals surface area contributed by atoms with Gasteiger partial charge in [0.05, 0.1) is 0 Å². The number of alkyl halides is 1. The lowest BCUT2D eigenvalue weighted by molar-refractivity contribution is 0.306. The molecular weight excluding hydrogens is 276 g/mol. The molecule has 2 rings (SSSR count). The number of phenols is 1. The van der Waals surface area contributed by atoms with Crippen LogP contribution in [0.2, 0.25) is 0 Å². The minimum absolute atomic E-state index is 0.187. The molecular formula is C15H21BrO. The molecule has 3 unspecified atom stereocenters. The summed E-state index contributed by atoms with van der Waals surface area (Å²) in [7, 11) is 0. The van der Waals surface area contributed by atoms with Crippen LogP contribution in [-0.4, -0.2) is 9.93 Å². The number of halogens is 1. The first-order chi connectivity index (χ1) is 7.84. The maximum Gasteiger partial charge on any atom is 0.119 e. The van der Waals surface area contributed by atoms with Gasteiger partial charge in [0, 0.05) is 4.83 Å². The van der Waals surface area contributed by atoms with Crippen LogP contribution in [0, 0.1) is 18.3 Å². The first kappa shape index (κ1) is 12.9. The molecule has 3 atom stereocenters. The topological polar surface area (TPSA) is 20.2 Å². The van der Waals surface area contributed by atoms with Crippen molar-refractivity contribution in [1.29, 1.82) is 0 Å². The highest BCUT2D eigenvalue weighted by Gasteiger charge is 2.47. The zero-order valence-corrected chi connectivity index (χ0v) is 12.6. The molecule has 1 saturated carbocycles. The van der Waals surface area contributed by atoms with Crippen molar-refractivity contribution in [2.24, 2.45) is 11.3 Å². The average molecular weight is 297 g/mol. The summed E-state index contributed by atoms with van der Waals surface area (Å²) in [5.41, 5.74) is 2.41. The van der Waals surface area contributed by atoms with Crippen LogP contribution in [0.4, 0.5) is 0 Å². The van der Waals surface area contributed by atoms with E-state index in [9.17, 15) is 5.11 Å². The van der Waals surface area contributed by atoms with Gasteiger partial charge in [0.1, 0.15) is 5.75 Å². The number of aromatic hydroxyl groups is 1. The standard InChI is InChI=1S/C15H21BrO/c1-9-5-6-11(12(17)7-9)14-10(2)8-13(16)15(14,3)4/h5-7,10,13-14,17H,8H2,1-4H3. The highest BCUT2D eigenvalue weighted by molar-refractivity contribution is 9.09. The van der Waals surface area contributed by atoms with Gasteiger partial charge in [-0.05, 0) is 47.8 Å². The Balaban J connectivity index is 2.45. The van der Waals surface area contributed by atoms with Crippen LogP contribution in [0.25, 0.3) is 0 Å². The Morgan fingerprint density at radius 3 is 2.47 bits per heavy atom. The fraction of sp³-hybridized carbons (Fsp3) is 0.600. The molecule has 0 radical (unpaired) electrons. The maximum atomic E-state index is 10.2. The second-order valence-corrected chi connectivity index (χ2v) is 7.15. The van der Waals surface area contributed by atoms with E-state index in [0.717, 1.165) is 11.1 Å². The van der Waals surface area contributed by atoms with Gasteiger partial charge in [-0.1, -0.05) is 48.8 Å². The molecule has 94 valence electrons. The minimum atomic E-state index is 0.187. The van der Waals surface area contributed by atoms with Crippen LogP contribution in [0.3, 0.4) is 0 Å². The lowest BCUT2D eigenvalue weighted by Crippen LogP contribution is -2.25. The van der Waals surface area contributed by atoms with Gasteiger partial charge in [-0.25, -0.2) is 0 Å². The van der Waals surface area contributed by atoms with E-state index in [0.29, 0.717) is 22.4 Å². The Hall–Kier alpha value is -0.500. The van der Waals surface area contributed by atoms with Crippen LogP contribution in [0.15, 0.2) is 18.2 Å². The van der Waals surface area contributed by atoms with E-state index in [1.807, 2.05) is 13.0 Å². The number of hydrogen-bond donors (Lipinski definition) is 1. The summed E-state index contributed by atoms with van der Waals surface area (Å²) in [6.07, 6.45) is 1.17. The highest BCUT2D eigenvalue weighted by atomic mass is 79.9. The van der Waals surface area contributed by atoms with Crippen LogP contribution >= 0.6 is 15.9 Å². The van der Waals surface area contributed by atoms with E-state index in [4.69, 9.17) is 0 Å². The van der Waals surface area contributed by atoms with E-state index in [1.165, 1.54) is 6.42 Å². The Kier molecular flexibility index (Phi) is 3.28. The van der Waals surface area contributed by atoms with Crippen LogP contribution in [0.5, 0.6) is 5.75 Å². The molecule has 1 aromatic rings. The Labute approximate surface area is 112 Å². The van der Waals surface area contributed by atoms with Crippen molar-refractivity contribution in [3.8, 4) is 5.75 Å². The molecule has 1 aliphatic rings. The normalized spacial score (nSPS) is 31.7. The van der Waals surface area contributed by atoms with Gasteiger partial charge in [-0.3, -0.25) is 0 Å². The highest BCUT2D eigenvalue weighted by Crippen LogP contribution is 2.56. The van der Waals surface area contributed by atoms with Crippen molar-refractivity contribution in [1.82, 2.24) is 0 Å². The molecule has 0 spiro atoms. The third-order valence-electron chi connectivity index (χ3n) is 4.28. The number of phenolic OH excluding ortho intramolecular Hbond substituents is 1. The van der Waals surface area contributed by atoms with Crippen molar-refractivity contribution in [3.05, 3.63) is 29.3 Å². The molecule has 17 heavy (non-hydrogen) atoms. The number of rotatable bonds is 1. The Bertz CT molecular complexity index is 425. The van der Waals surface area contributed by atoms with Gasteiger partial charge in [0.15, 0.2) is 0 Å². The van der Waals surface area contributed by atoms with Crippen LogP contribution in [0.1, 0.15) is 44.2 Å². The van der Waals surface area contributed by atoms with Crippen molar-refractivity contribution in [2.75, 3.05) is 0 Å². The number of benzene rings is 1. The van der Waals surface area contributed by atoms with E-state index in [1.54, 1.807) is 0 Å². The molecule has 1 nitrogen and oxygen atoms in total. The quantitative estimate of drug-likeness (QED) is 0.750. The predicted molar refractivity (Wildman–Crippen MR) is 75.9 cm³/mol. The van der Waals surface area contributed by atoms with E-state index < -0.39 is 0 Å². The van der Waals surface area contributed by atoms with Gasteiger partial charge in [-0.2, -0.15) is 0 Å². The minimum Gasteiger partial charge on any atom is -0.508 e. The Morgan fingerprint density at radius 2 is 2.00 bits per heavy atom. The molecule has 2 heteroatoms. The summed E-state index contributed by atoms with van der Waals surface area (Å²) < 4.78 is 0. The summed E-state index contributed by atoms with van der Waals surface area (Å²) in [5.74, 6) is 1.48. The molecule has 0 bridgehead atoms. The van der Waals surface area contributed by atoms with Gasteiger partial charge >= 0.3 is 0 Å². The lowest BCUT2D eigenvalue weighted by Gasteiger charge is -2.32. The van der Waals surface area contributed by atoms with E-state index in [2.05, 4.69) is 48.8 Å². The molecule has 0 aliphatic heterocycles. The Morgan fingerprint density at radius 1 is 1.35 bits per heavy atom. The van der Waals surface area contributed by atoms with Gasteiger partial charge in [0.2, 0.25) is 0 Å². The SMILES string of the molecule is Cc1ccc(C2C(C)CC(Br)C2(C)C)c(O)c1. The fourth-order valence-electron chi connectivity index (χ4n) is 3.32. The molecule has 0 saturated heterocycles. The summed E-state index contributed by atoms with van der Waals surface area (Å²) in [5, 5.41) is 10.2. The third-order valence-corrected chi connectivity index (χ3v) is 5.83. The smallest absolute Gasteiger partial charge is 0.119 e. The van der Waals surface area contributed by atoms with Gasteiger partial charge in [-0.15, -0.1) is 0 Å². The molecule has 1 fully saturated rings. The molecule has 0 aromatic heterocycles. The monoisotopic (exact) mass is 296 g/mol. The first-order valence-corrected chi connectivity index (χ1v) is 7.19. The second-order valence-electron chi connectivity index (χ2n) is 6.04. The van der Waals surface area contributed by atoms with Crippen molar-refractivity contribution < 1.29 is 5.11 Å². The summed E-state index contributed by atoms with van der Waals surface area (Å²) in [4.78, 5) is 0.524. The van der Waals surface area contributed by atoms with E-state index >= 15 is 0 Å². The van der Waals surface area contributed by atoms with Gasteiger partial charge < -0.3 is 5.11 Å². The van der Waals surface area contributed by atoms with Crippen LogP contribution in [-0.2, 0) is 0 Å². The zero-order chi connectivity index (χ0) is 12.8. The van der Waals surface area contributed by atoms with Crippen molar-refractivity contribution in [3.63, 3.8) is 0 Å². The predicted octanol–water partition coefficient (Wildman–Crippen LogP) is 4.61. The molecule has 0 amide bonds. The summed E-state index contributed by atoms with van der Waals surface area (Å²) >= 11 is 3.80. The largest absolute Gasteiger partial charge is 0.508 e. The van der Waals surface area contributed by atoms with Crippen LogP contribution < -0.4 is 0 Å². The average Bonchev–Trinajstić information content (AvgIpc) is 2.39. The molecule has 1 aliphatic carbocycles. The summed E-state index contributed by atoms with van der Waals surface area (Å²) in [6, 6.07) is 6.07. The maximum absolute atomic E-state index is 10.2. The third kappa shape index (κ3) is 2.12. The van der Waals surface area contributed by atoms with Crippen molar-refractivity contribution >= 4 is 15.9 Å². The number of hydrogen-bond acceptors (Lipinski definition) is 1. The van der Waals surface area contributed by atoms with Gasteiger partial charge in [0.25, 0.3) is 0 Å². The first-order valence-electron chi connectivity index (χ1n) is 6.27. The molecule has 1 N–H and O–H groups in total. The van der Waals surface area contributed by atoms with E-state index in [-0.39, 0.29) is 5.41 Å².